The molecular weight excluding hydrogens is 379 g/mol. The van der Waals surface area contributed by atoms with Crippen molar-refractivity contribution in [2.45, 2.75) is 25.8 Å². The van der Waals surface area contributed by atoms with Crippen LogP contribution in [0, 0.1) is 12.7 Å². The van der Waals surface area contributed by atoms with Crippen molar-refractivity contribution in [3.05, 3.63) is 52.2 Å². The molecule has 27 heavy (non-hydrogen) atoms. The van der Waals surface area contributed by atoms with Gasteiger partial charge >= 0.3 is 5.97 Å². The van der Waals surface area contributed by atoms with Gasteiger partial charge in [0, 0.05) is 17.8 Å². The van der Waals surface area contributed by atoms with Gasteiger partial charge in [0.05, 0.1) is 16.8 Å². The van der Waals surface area contributed by atoms with Gasteiger partial charge < -0.3 is 19.7 Å². The Balaban J connectivity index is 1.75. The summed E-state index contributed by atoms with van der Waals surface area (Å²) >= 11 is 5.66. The number of anilines is 1. The Bertz CT molecular complexity index is 926. The van der Waals surface area contributed by atoms with Gasteiger partial charge in [0.2, 0.25) is 5.91 Å². The zero-order chi connectivity index (χ0) is 19.7. The summed E-state index contributed by atoms with van der Waals surface area (Å²) in [6.45, 7) is 1.92. The third-order valence-electron chi connectivity index (χ3n) is 4.32. The van der Waals surface area contributed by atoms with Crippen LogP contribution in [0.15, 0.2) is 28.9 Å². The predicted molar refractivity (Wildman–Crippen MR) is 94.4 cm³/mol. The molecule has 1 atom stereocenters. The average molecular weight is 395 g/mol. The smallest absolute Gasteiger partial charge is 0.311 e. The van der Waals surface area contributed by atoms with Crippen molar-refractivity contribution in [1.82, 2.24) is 5.32 Å². The van der Waals surface area contributed by atoms with Crippen LogP contribution in [0.4, 0.5) is 10.1 Å². The third-order valence-corrected chi connectivity index (χ3v) is 4.62. The molecule has 2 aromatic rings. The van der Waals surface area contributed by atoms with E-state index in [2.05, 4.69) is 5.32 Å². The molecule has 142 valence electrons. The number of aryl methyl sites for hydroxylation is 1. The van der Waals surface area contributed by atoms with E-state index in [-0.39, 0.29) is 22.3 Å². The number of nitrogens with zero attached hydrogens (tertiary/aromatic N) is 1. The third kappa shape index (κ3) is 3.80. The minimum Gasteiger partial charge on any atom is -0.481 e. The van der Waals surface area contributed by atoms with Crippen LogP contribution >= 0.6 is 11.6 Å². The van der Waals surface area contributed by atoms with Gasteiger partial charge in [0.15, 0.2) is 0 Å². The fourth-order valence-electron chi connectivity index (χ4n) is 3.02. The zero-order valence-electron chi connectivity index (χ0n) is 14.3. The highest BCUT2D eigenvalue weighted by Gasteiger charge is 2.35. The van der Waals surface area contributed by atoms with Gasteiger partial charge in [-0.15, -0.1) is 0 Å². The lowest BCUT2D eigenvalue weighted by Crippen LogP contribution is -2.42. The molecule has 1 aromatic heterocycles. The van der Waals surface area contributed by atoms with Gasteiger partial charge in [-0.2, -0.15) is 0 Å². The second-order valence-electron chi connectivity index (χ2n) is 6.19. The van der Waals surface area contributed by atoms with Gasteiger partial charge in [0.25, 0.3) is 5.91 Å². The first kappa shape index (κ1) is 18.9. The number of rotatable bonds is 5. The maximum Gasteiger partial charge on any atom is 0.311 e. The van der Waals surface area contributed by atoms with Crippen LogP contribution in [0.25, 0.3) is 0 Å². The van der Waals surface area contributed by atoms with E-state index in [0.717, 1.165) is 6.07 Å². The maximum atomic E-state index is 13.6. The van der Waals surface area contributed by atoms with E-state index in [9.17, 15) is 18.8 Å². The molecule has 2 amide bonds. The minimum atomic E-state index is -1.13. The summed E-state index contributed by atoms with van der Waals surface area (Å²) < 4.78 is 18.8. The first-order valence-corrected chi connectivity index (χ1v) is 8.51. The number of amides is 2. The van der Waals surface area contributed by atoms with Crippen molar-refractivity contribution in [2.75, 3.05) is 11.4 Å². The van der Waals surface area contributed by atoms with E-state index in [1.54, 1.807) is 6.92 Å². The second-order valence-corrected chi connectivity index (χ2v) is 6.60. The molecule has 0 saturated carbocycles. The van der Waals surface area contributed by atoms with Gasteiger partial charge in [-0.1, -0.05) is 11.6 Å². The summed E-state index contributed by atoms with van der Waals surface area (Å²) in [5.74, 6) is -2.71. The lowest BCUT2D eigenvalue weighted by atomic mass is 10.1. The number of carboxylic acid groups (broad SMARTS) is 1. The summed E-state index contributed by atoms with van der Waals surface area (Å²) in [5.41, 5.74) is 0.941. The maximum absolute atomic E-state index is 13.6. The first-order valence-electron chi connectivity index (χ1n) is 8.14. The number of hydrogen-bond acceptors (Lipinski definition) is 4. The number of furan rings is 1. The quantitative estimate of drug-likeness (QED) is 0.811. The standard InChI is InChI=1S/C18H16ClFN2O5/c1-9-8-27-14(7-15(23)24)16(9)17(25)21-13-4-5-22(18(13)26)10-2-3-11(19)12(20)6-10/h2-3,6,8,13H,4-5,7H2,1H3,(H,21,25)(H,23,24). The SMILES string of the molecule is Cc1coc(CC(=O)O)c1C(=O)NC1CCN(c2ccc(Cl)c(F)c2)C1=O. The fraction of sp³-hybridized carbons (Fsp3) is 0.278. The van der Waals surface area contributed by atoms with Gasteiger partial charge in [-0.3, -0.25) is 14.4 Å². The highest BCUT2D eigenvalue weighted by Crippen LogP contribution is 2.26. The Morgan fingerprint density at radius 3 is 2.85 bits per heavy atom. The van der Waals surface area contributed by atoms with Gasteiger partial charge in [0.1, 0.15) is 24.0 Å². The minimum absolute atomic E-state index is 0.0274. The van der Waals surface area contributed by atoms with Crippen LogP contribution in [0.5, 0.6) is 0 Å². The van der Waals surface area contributed by atoms with Gasteiger partial charge in [-0.05, 0) is 31.5 Å². The Hall–Kier alpha value is -2.87. The van der Waals surface area contributed by atoms with E-state index >= 15 is 0 Å². The molecule has 1 aliphatic heterocycles. The molecule has 3 rings (SSSR count). The number of carboxylic acids is 1. The lowest BCUT2D eigenvalue weighted by molar-refractivity contribution is -0.136. The highest BCUT2D eigenvalue weighted by atomic mass is 35.5. The number of nitrogens with one attached hydrogen (secondary N) is 1. The molecular formula is C18H16ClFN2O5. The first-order chi connectivity index (χ1) is 12.8. The Kier molecular flexibility index (Phi) is 5.18. The predicted octanol–water partition coefficient (Wildman–Crippen LogP) is 2.54. The summed E-state index contributed by atoms with van der Waals surface area (Å²) in [4.78, 5) is 37.4. The van der Waals surface area contributed by atoms with Gasteiger partial charge in [-0.25, -0.2) is 4.39 Å². The Morgan fingerprint density at radius 2 is 2.19 bits per heavy atom. The molecule has 0 bridgehead atoms. The largest absolute Gasteiger partial charge is 0.481 e. The molecule has 0 aliphatic carbocycles. The number of halogens is 2. The number of carbonyl (C=O) groups is 3. The number of carbonyl (C=O) groups excluding carboxylic acids is 2. The summed E-state index contributed by atoms with van der Waals surface area (Å²) in [7, 11) is 0. The molecule has 7 nitrogen and oxygen atoms in total. The molecule has 1 saturated heterocycles. The van der Waals surface area contributed by atoms with E-state index in [0.29, 0.717) is 24.2 Å². The molecule has 9 heteroatoms. The normalized spacial score (nSPS) is 16.6. The molecule has 2 heterocycles. The molecule has 0 radical (unpaired) electrons. The van der Waals surface area contributed by atoms with Crippen LogP contribution in [-0.2, 0) is 16.0 Å². The molecule has 1 fully saturated rings. The molecule has 1 unspecified atom stereocenters. The van der Waals surface area contributed by atoms with Crippen LogP contribution in [0.1, 0.15) is 28.1 Å². The zero-order valence-corrected chi connectivity index (χ0v) is 15.0. The molecule has 1 aliphatic rings. The molecule has 0 spiro atoms. The van der Waals surface area contributed by atoms with Crippen LogP contribution in [0.2, 0.25) is 5.02 Å². The van der Waals surface area contributed by atoms with E-state index in [1.165, 1.54) is 23.3 Å². The summed E-state index contributed by atoms with van der Waals surface area (Å²) in [5, 5.41) is 11.5. The molecule has 2 N–H and O–H groups in total. The van der Waals surface area contributed by atoms with Crippen molar-refractivity contribution in [1.29, 1.82) is 0 Å². The summed E-state index contributed by atoms with van der Waals surface area (Å²) in [6, 6.07) is 3.25. The Labute approximate surface area is 158 Å². The topological polar surface area (TPSA) is 99.8 Å². The van der Waals surface area contributed by atoms with Crippen LogP contribution in [-0.4, -0.2) is 35.5 Å². The number of aliphatic carboxylic acids is 1. The van der Waals surface area contributed by atoms with E-state index < -0.39 is 30.2 Å². The van der Waals surface area contributed by atoms with Crippen LogP contribution in [0.3, 0.4) is 0 Å². The lowest BCUT2D eigenvalue weighted by Gasteiger charge is -2.17. The van der Waals surface area contributed by atoms with E-state index in [1.807, 2.05) is 0 Å². The highest BCUT2D eigenvalue weighted by molar-refractivity contribution is 6.30. The monoisotopic (exact) mass is 394 g/mol. The number of hydrogen-bond donors (Lipinski definition) is 2. The molecule has 1 aromatic carbocycles. The van der Waals surface area contributed by atoms with Crippen LogP contribution < -0.4 is 10.2 Å². The van der Waals surface area contributed by atoms with Crippen molar-refractivity contribution < 1.29 is 28.3 Å². The second kappa shape index (κ2) is 7.40. The fourth-order valence-corrected chi connectivity index (χ4v) is 3.14. The van der Waals surface area contributed by atoms with Crippen molar-refractivity contribution in [3.8, 4) is 0 Å². The number of benzene rings is 1. The van der Waals surface area contributed by atoms with Crippen molar-refractivity contribution in [2.24, 2.45) is 0 Å². The van der Waals surface area contributed by atoms with E-state index in [4.69, 9.17) is 21.1 Å². The summed E-state index contributed by atoms with van der Waals surface area (Å²) in [6.07, 6.45) is 1.19. The Morgan fingerprint density at radius 1 is 1.44 bits per heavy atom. The van der Waals surface area contributed by atoms with Crippen molar-refractivity contribution >= 4 is 35.1 Å². The van der Waals surface area contributed by atoms with Crippen molar-refractivity contribution in [3.63, 3.8) is 0 Å². The average Bonchev–Trinajstić information content (AvgIpc) is 3.13.